The van der Waals surface area contributed by atoms with E-state index < -0.39 is 11.6 Å². The molecule has 0 aliphatic rings. The van der Waals surface area contributed by atoms with Crippen LogP contribution >= 0.6 is 11.3 Å². The molecular weight excluding hydrogens is 458 g/mol. The van der Waals surface area contributed by atoms with Gasteiger partial charge in [0.05, 0.1) is 5.52 Å². The first-order chi connectivity index (χ1) is 16.8. The standard InChI is InChI=1S/C27H31N5O2S/c1-5-27(3,4)28-26(34)25(23-11-8-16-35-23)31(17-20-14-12-19(2)13-15-20)24(33)18-32-22-10-7-6-9-21(22)29-30-32/h6-16,25H,5,17-18H2,1-4H3,(H,28,34). The summed E-state index contributed by atoms with van der Waals surface area (Å²) < 4.78 is 1.60. The number of nitrogens with zero attached hydrogens (tertiary/aromatic N) is 4. The molecule has 0 saturated carbocycles. The fourth-order valence-electron chi connectivity index (χ4n) is 3.83. The molecule has 2 amide bonds. The third kappa shape index (κ3) is 5.77. The topological polar surface area (TPSA) is 80.1 Å². The molecular formula is C27H31N5O2S. The molecule has 182 valence electrons. The number of aromatic nitrogens is 3. The quantitative estimate of drug-likeness (QED) is 0.364. The molecule has 1 N–H and O–H groups in total. The maximum absolute atomic E-state index is 13.9. The van der Waals surface area contributed by atoms with Gasteiger partial charge in [-0.2, -0.15) is 0 Å². The summed E-state index contributed by atoms with van der Waals surface area (Å²) in [5.74, 6) is -0.396. The van der Waals surface area contributed by atoms with Gasteiger partial charge < -0.3 is 10.2 Å². The van der Waals surface area contributed by atoms with Gasteiger partial charge in [-0.15, -0.1) is 16.4 Å². The molecule has 2 aromatic carbocycles. The smallest absolute Gasteiger partial charge is 0.248 e. The first-order valence-corrected chi connectivity index (χ1v) is 12.6. The summed E-state index contributed by atoms with van der Waals surface area (Å²) in [6.45, 7) is 8.32. The minimum atomic E-state index is -0.760. The van der Waals surface area contributed by atoms with Crippen LogP contribution in [0.4, 0.5) is 0 Å². The lowest BCUT2D eigenvalue weighted by Gasteiger charge is -2.34. The summed E-state index contributed by atoms with van der Waals surface area (Å²) >= 11 is 1.47. The van der Waals surface area contributed by atoms with Crippen LogP contribution in [-0.2, 0) is 22.7 Å². The highest BCUT2D eigenvalue weighted by Gasteiger charge is 2.35. The van der Waals surface area contributed by atoms with Gasteiger partial charge in [-0.05, 0) is 56.3 Å². The predicted molar refractivity (Wildman–Crippen MR) is 139 cm³/mol. The first kappa shape index (κ1) is 24.6. The van der Waals surface area contributed by atoms with Crippen molar-refractivity contribution >= 4 is 34.2 Å². The average Bonchev–Trinajstić information content (AvgIpc) is 3.50. The van der Waals surface area contributed by atoms with Crippen LogP contribution in [0, 0.1) is 6.92 Å². The second-order valence-corrected chi connectivity index (χ2v) is 10.4. The van der Waals surface area contributed by atoms with Crippen molar-refractivity contribution in [2.45, 2.75) is 58.8 Å². The summed E-state index contributed by atoms with van der Waals surface area (Å²) in [4.78, 5) is 30.0. The van der Waals surface area contributed by atoms with Crippen molar-refractivity contribution in [3.8, 4) is 0 Å². The number of hydrogen-bond acceptors (Lipinski definition) is 5. The van der Waals surface area contributed by atoms with Crippen molar-refractivity contribution in [1.29, 1.82) is 0 Å². The van der Waals surface area contributed by atoms with Gasteiger partial charge in [0.25, 0.3) is 0 Å². The van der Waals surface area contributed by atoms with Crippen LogP contribution < -0.4 is 5.32 Å². The lowest BCUT2D eigenvalue weighted by molar-refractivity contribution is -0.142. The number of hydrogen-bond donors (Lipinski definition) is 1. The van der Waals surface area contributed by atoms with E-state index in [-0.39, 0.29) is 18.4 Å². The van der Waals surface area contributed by atoms with Crippen LogP contribution in [0.2, 0.25) is 0 Å². The largest absolute Gasteiger partial charge is 0.349 e. The minimum absolute atomic E-state index is 0.0152. The summed E-state index contributed by atoms with van der Waals surface area (Å²) in [5, 5.41) is 13.5. The van der Waals surface area contributed by atoms with Crippen molar-refractivity contribution in [1.82, 2.24) is 25.2 Å². The van der Waals surface area contributed by atoms with E-state index in [0.29, 0.717) is 6.54 Å². The van der Waals surface area contributed by atoms with Gasteiger partial charge in [0.1, 0.15) is 18.1 Å². The van der Waals surface area contributed by atoms with Crippen LogP contribution in [0.15, 0.2) is 66.0 Å². The zero-order valence-electron chi connectivity index (χ0n) is 20.6. The predicted octanol–water partition coefficient (Wildman–Crippen LogP) is 4.88. The Kier molecular flexibility index (Phi) is 7.31. The zero-order chi connectivity index (χ0) is 25.0. The number of benzene rings is 2. The molecule has 0 fully saturated rings. The minimum Gasteiger partial charge on any atom is -0.349 e. The molecule has 7 nitrogen and oxygen atoms in total. The molecule has 4 aromatic rings. The molecule has 1 atom stereocenters. The van der Waals surface area contributed by atoms with Gasteiger partial charge in [0.2, 0.25) is 11.8 Å². The van der Waals surface area contributed by atoms with Gasteiger partial charge in [0.15, 0.2) is 0 Å². The van der Waals surface area contributed by atoms with Gasteiger partial charge in [-0.25, -0.2) is 4.68 Å². The normalized spacial score (nSPS) is 12.5. The summed E-state index contributed by atoms with van der Waals surface area (Å²) in [7, 11) is 0. The number of para-hydroxylation sites is 1. The van der Waals surface area contributed by atoms with E-state index in [1.54, 1.807) is 9.58 Å². The van der Waals surface area contributed by atoms with Crippen molar-refractivity contribution in [3.05, 3.63) is 82.0 Å². The van der Waals surface area contributed by atoms with Crippen LogP contribution in [0.1, 0.15) is 49.2 Å². The Hall–Kier alpha value is -3.52. The Morgan fingerprint density at radius 2 is 1.83 bits per heavy atom. The van der Waals surface area contributed by atoms with E-state index >= 15 is 0 Å². The number of rotatable bonds is 9. The molecule has 8 heteroatoms. The molecule has 2 heterocycles. The van der Waals surface area contributed by atoms with Crippen LogP contribution in [0.3, 0.4) is 0 Å². The molecule has 4 rings (SSSR count). The van der Waals surface area contributed by atoms with E-state index in [4.69, 9.17) is 0 Å². The molecule has 0 radical (unpaired) electrons. The van der Waals surface area contributed by atoms with E-state index in [1.807, 2.05) is 93.7 Å². The average molecular weight is 490 g/mol. The maximum Gasteiger partial charge on any atom is 0.248 e. The van der Waals surface area contributed by atoms with Gasteiger partial charge in [-0.1, -0.05) is 60.2 Å². The Morgan fingerprint density at radius 3 is 2.51 bits per heavy atom. The Bertz CT molecular complexity index is 1290. The maximum atomic E-state index is 13.9. The molecule has 2 aromatic heterocycles. The van der Waals surface area contributed by atoms with Crippen molar-refractivity contribution in [2.24, 2.45) is 0 Å². The van der Waals surface area contributed by atoms with Crippen molar-refractivity contribution in [3.63, 3.8) is 0 Å². The number of thiophene rings is 1. The SMILES string of the molecule is CCC(C)(C)NC(=O)C(c1cccs1)N(Cc1ccc(C)cc1)C(=O)Cn1nnc2ccccc21. The molecule has 35 heavy (non-hydrogen) atoms. The van der Waals surface area contributed by atoms with Crippen molar-refractivity contribution in [2.75, 3.05) is 0 Å². The monoisotopic (exact) mass is 489 g/mol. The Morgan fingerprint density at radius 1 is 1.09 bits per heavy atom. The fraction of sp³-hybridized carbons (Fsp3) is 0.333. The molecule has 0 aliphatic carbocycles. The number of carbonyl (C=O) groups is 2. The van der Waals surface area contributed by atoms with Gasteiger partial charge in [-0.3, -0.25) is 9.59 Å². The zero-order valence-corrected chi connectivity index (χ0v) is 21.4. The first-order valence-electron chi connectivity index (χ1n) is 11.8. The summed E-state index contributed by atoms with van der Waals surface area (Å²) in [5.41, 5.74) is 3.20. The second-order valence-electron chi connectivity index (χ2n) is 9.39. The van der Waals surface area contributed by atoms with Crippen LogP contribution in [0.5, 0.6) is 0 Å². The number of amides is 2. The Balaban J connectivity index is 1.72. The fourth-order valence-corrected chi connectivity index (χ4v) is 4.66. The van der Waals surface area contributed by atoms with E-state index in [0.717, 1.165) is 33.5 Å². The van der Waals surface area contributed by atoms with Crippen molar-refractivity contribution < 1.29 is 9.59 Å². The van der Waals surface area contributed by atoms with Gasteiger partial charge >= 0.3 is 0 Å². The lowest BCUT2D eigenvalue weighted by Crippen LogP contribution is -2.50. The summed E-state index contributed by atoms with van der Waals surface area (Å²) in [6.07, 6.45) is 0.771. The Labute approximate surface area is 209 Å². The lowest BCUT2D eigenvalue weighted by atomic mass is 10.0. The number of carbonyl (C=O) groups excluding carboxylic acids is 2. The van der Waals surface area contributed by atoms with Crippen LogP contribution in [-0.4, -0.2) is 37.2 Å². The van der Waals surface area contributed by atoms with E-state index in [2.05, 4.69) is 15.6 Å². The van der Waals surface area contributed by atoms with Crippen LogP contribution in [0.25, 0.3) is 11.0 Å². The second kappa shape index (κ2) is 10.4. The number of nitrogens with one attached hydrogen (secondary N) is 1. The summed E-state index contributed by atoms with van der Waals surface area (Å²) in [6, 6.07) is 18.6. The molecule has 0 bridgehead atoms. The molecule has 1 unspecified atom stereocenters. The molecule has 0 aliphatic heterocycles. The highest BCUT2D eigenvalue weighted by molar-refractivity contribution is 7.10. The highest BCUT2D eigenvalue weighted by atomic mass is 32.1. The van der Waals surface area contributed by atoms with E-state index in [9.17, 15) is 9.59 Å². The highest BCUT2D eigenvalue weighted by Crippen LogP contribution is 2.29. The van der Waals surface area contributed by atoms with E-state index in [1.165, 1.54) is 11.3 Å². The van der Waals surface area contributed by atoms with Gasteiger partial charge in [0, 0.05) is 17.0 Å². The molecule has 0 saturated heterocycles. The number of aryl methyl sites for hydroxylation is 1. The third-order valence-electron chi connectivity index (χ3n) is 6.22. The third-order valence-corrected chi connectivity index (χ3v) is 7.14. The number of fused-ring (bicyclic) bond motifs is 1. The molecule has 0 spiro atoms.